The molecule has 0 aromatic heterocycles. The fourth-order valence-corrected chi connectivity index (χ4v) is 2.77. The summed E-state index contributed by atoms with van der Waals surface area (Å²) in [5.41, 5.74) is 5.70. The predicted octanol–water partition coefficient (Wildman–Crippen LogP) is 6.05. The van der Waals surface area contributed by atoms with Crippen LogP contribution in [0.4, 0.5) is 0 Å². The maximum Gasteiger partial charge on any atom is -0.0184 e. The van der Waals surface area contributed by atoms with Crippen LogP contribution in [0.1, 0.15) is 44.7 Å². The summed E-state index contributed by atoms with van der Waals surface area (Å²) in [6.07, 6.45) is 2.24. The highest BCUT2D eigenvalue weighted by atomic mass is 14.2. The molecule has 1 atom stereocenters. The number of hydrogen-bond donors (Lipinski definition) is 0. The molecule has 20 heavy (non-hydrogen) atoms. The Labute approximate surface area is 123 Å². The number of hydrogen-bond acceptors (Lipinski definition) is 0. The molecule has 104 valence electrons. The predicted molar refractivity (Wildman–Crippen MR) is 89.4 cm³/mol. The van der Waals surface area contributed by atoms with Crippen molar-refractivity contribution in [2.75, 3.05) is 0 Å². The summed E-state index contributed by atoms with van der Waals surface area (Å²) in [4.78, 5) is 0. The van der Waals surface area contributed by atoms with Gasteiger partial charge in [0.2, 0.25) is 0 Å². The summed E-state index contributed by atoms with van der Waals surface area (Å²) in [6, 6.07) is 21.6. The van der Waals surface area contributed by atoms with Crippen LogP contribution >= 0.6 is 0 Å². The molecule has 2 rings (SSSR count). The van der Waals surface area contributed by atoms with Gasteiger partial charge < -0.3 is 0 Å². The van der Waals surface area contributed by atoms with E-state index in [1.165, 1.54) is 28.7 Å². The van der Waals surface area contributed by atoms with Crippen LogP contribution in [0.2, 0.25) is 0 Å². The quantitative estimate of drug-likeness (QED) is 0.576. The molecule has 0 aliphatic heterocycles. The molecule has 2 aromatic carbocycles. The summed E-state index contributed by atoms with van der Waals surface area (Å²) in [5, 5.41) is 0. The topological polar surface area (TPSA) is 0 Å². The van der Waals surface area contributed by atoms with Gasteiger partial charge in [0, 0.05) is 0 Å². The van der Waals surface area contributed by atoms with E-state index in [9.17, 15) is 0 Å². The molecule has 0 aliphatic carbocycles. The first-order chi connectivity index (χ1) is 9.77. The molecule has 0 nitrogen and oxygen atoms in total. The highest BCUT2D eigenvalue weighted by molar-refractivity contribution is 5.91. The molecule has 0 heterocycles. The third kappa shape index (κ3) is 3.19. The van der Waals surface area contributed by atoms with Crippen molar-refractivity contribution in [2.24, 2.45) is 5.92 Å². The second-order valence-corrected chi connectivity index (χ2v) is 5.29. The van der Waals surface area contributed by atoms with Crippen LogP contribution in [-0.2, 0) is 0 Å². The molecule has 0 heteroatoms. The number of benzene rings is 2. The summed E-state index contributed by atoms with van der Waals surface area (Å²) in [6.45, 7) is 6.86. The Hall–Kier alpha value is -1.82. The van der Waals surface area contributed by atoms with Gasteiger partial charge in [0.15, 0.2) is 0 Å². The summed E-state index contributed by atoms with van der Waals surface area (Å²) in [7, 11) is 0. The minimum absolute atomic E-state index is 0.576. The van der Waals surface area contributed by atoms with Gasteiger partial charge in [0.25, 0.3) is 0 Å². The minimum Gasteiger partial charge on any atom is -0.0648 e. The summed E-state index contributed by atoms with van der Waals surface area (Å²) >= 11 is 0. The van der Waals surface area contributed by atoms with E-state index in [4.69, 9.17) is 0 Å². The Kier molecular flexibility index (Phi) is 5.17. The van der Waals surface area contributed by atoms with Crippen LogP contribution in [0.15, 0.2) is 60.7 Å². The molecule has 0 saturated carbocycles. The molecule has 0 radical (unpaired) electrons. The van der Waals surface area contributed by atoms with Crippen molar-refractivity contribution in [1.82, 2.24) is 0 Å². The fourth-order valence-electron chi connectivity index (χ4n) is 2.77. The average Bonchev–Trinajstić information content (AvgIpc) is 2.53. The molecule has 0 fully saturated rings. The monoisotopic (exact) mass is 264 g/mol. The average molecular weight is 264 g/mol. The Morgan fingerprint density at radius 3 is 1.75 bits per heavy atom. The molecular formula is C20H24. The third-order valence-corrected chi connectivity index (χ3v) is 3.99. The van der Waals surface area contributed by atoms with Crippen LogP contribution in [0.3, 0.4) is 0 Å². The van der Waals surface area contributed by atoms with Gasteiger partial charge in [-0.2, -0.15) is 0 Å². The van der Waals surface area contributed by atoms with Crippen molar-refractivity contribution in [2.45, 2.75) is 33.6 Å². The van der Waals surface area contributed by atoms with E-state index < -0.39 is 0 Å². The van der Waals surface area contributed by atoms with E-state index in [1.807, 2.05) is 0 Å². The van der Waals surface area contributed by atoms with E-state index in [0.29, 0.717) is 5.92 Å². The maximum absolute atomic E-state index is 2.33. The molecule has 0 aliphatic rings. The van der Waals surface area contributed by atoms with Crippen LogP contribution in [0.25, 0.3) is 11.1 Å². The van der Waals surface area contributed by atoms with Crippen LogP contribution < -0.4 is 0 Å². The van der Waals surface area contributed by atoms with E-state index in [0.717, 1.165) is 6.42 Å². The van der Waals surface area contributed by atoms with Gasteiger partial charge in [-0.25, -0.2) is 0 Å². The zero-order valence-corrected chi connectivity index (χ0v) is 12.8. The first-order valence-electron chi connectivity index (χ1n) is 7.61. The summed E-state index contributed by atoms with van der Waals surface area (Å²) in [5.74, 6) is 0.576. The zero-order valence-electron chi connectivity index (χ0n) is 12.8. The van der Waals surface area contributed by atoms with Gasteiger partial charge >= 0.3 is 0 Å². The van der Waals surface area contributed by atoms with Crippen molar-refractivity contribution in [3.05, 3.63) is 71.8 Å². The van der Waals surface area contributed by atoms with Crippen molar-refractivity contribution in [1.29, 1.82) is 0 Å². The smallest absolute Gasteiger partial charge is 0.0184 e. The van der Waals surface area contributed by atoms with E-state index >= 15 is 0 Å². The first kappa shape index (κ1) is 14.6. The van der Waals surface area contributed by atoms with Crippen molar-refractivity contribution in [3.8, 4) is 0 Å². The molecule has 0 bridgehead atoms. The largest absolute Gasteiger partial charge is 0.0648 e. The normalized spacial score (nSPS) is 13.8. The van der Waals surface area contributed by atoms with Gasteiger partial charge in [0.1, 0.15) is 0 Å². The van der Waals surface area contributed by atoms with Gasteiger partial charge in [-0.05, 0) is 41.0 Å². The first-order valence-corrected chi connectivity index (χ1v) is 7.61. The Morgan fingerprint density at radius 1 is 0.800 bits per heavy atom. The molecule has 0 saturated heterocycles. The lowest BCUT2D eigenvalue weighted by molar-refractivity contribution is 0.717. The molecule has 0 N–H and O–H groups in total. The van der Waals surface area contributed by atoms with Crippen molar-refractivity contribution < 1.29 is 0 Å². The van der Waals surface area contributed by atoms with Gasteiger partial charge in [0.05, 0.1) is 0 Å². The molecule has 0 spiro atoms. The van der Waals surface area contributed by atoms with Crippen LogP contribution in [-0.4, -0.2) is 0 Å². The lowest BCUT2D eigenvalue weighted by Gasteiger charge is -2.20. The number of rotatable bonds is 5. The minimum atomic E-state index is 0.576. The van der Waals surface area contributed by atoms with Gasteiger partial charge in [-0.15, -0.1) is 0 Å². The van der Waals surface area contributed by atoms with E-state index in [1.54, 1.807) is 0 Å². The fraction of sp³-hybridized carbons (Fsp3) is 0.300. The van der Waals surface area contributed by atoms with Crippen molar-refractivity contribution in [3.63, 3.8) is 0 Å². The van der Waals surface area contributed by atoms with E-state index in [-0.39, 0.29) is 0 Å². The third-order valence-electron chi connectivity index (χ3n) is 3.99. The Morgan fingerprint density at radius 2 is 1.30 bits per heavy atom. The van der Waals surface area contributed by atoms with Crippen LogP contribution in [0.5, 0.6) is 0 Å². The van der Waals surface area contributed by atoms with Gasteiger partial charge in [-0.1, -0.05) is 81.4 Å². The van der Waals surface area contributed by atoms with Gasteiger partial charge in [-0.3, -0.25) is 0 Å². The Balaban J connectivity index is 2.61. The Bertz CT molecular complexity index is 549. The SMILES string of the molecule is CC/C(=C(\c1ccccc1)C(C)CC)c1ccccc1. The zero-order chi connectivity index (χ0) is 14.4. The highest BCUT2D eigenvalue weighted by Gasteiger charge is 2.15. The van der Waals surface area contributed by atoms with Crippen molar-refractivity contribution >= 4 is 11.1 Å². The second-order valence-electron chi connectivity index (χ2n) is 5.29. The molecular weight excluding hydrogens is 240 g/mol. The van der Waals surface area contributed by atoms with Crippen LogP contribution in [0, 0.1) is 5.92 Å². The maximum atomic E-state index is 2.33. The molecule has 1 unspecified atom stereocenters. The highest BCUT2D eigenvalue weighted by Crippen LogP contribution is 2.35. The lowest BCUT2D eigenvalue weighted by atomic mass is 9.84. The van der Waals surface area contributed by atoms with E-state index in [2.05, 4.69) is 81.4 Å². The lowest BCUT2D eigenvalue weighted by Crippen LogP contribution is -2.01. The molecule has 2 aromatic rings. The molecule has 0 amide bonds. The second kappa shape index (κ2) is 7.09. The number of allylic oxidation sites excluding steroid dienone is 2. The summed E-state index contributed by atoms with van der Waals surface area (Å²) < 4.78 is 0. The standard InChI is InChI=1S/C20H24/c1-4-16(3)20(18-14-10-7-11-15-18)19(5-2)17-12-8-6-9-13-17/h6-16H,4-5H2,1-3H3/b20-19+.